The number of hydrogen-bond donors (Lipinski definition) is 1. The highest BCUT2D eigenvalue weighted by atomic mass is 19.1. The summed E-state index contributed by atoms with van der Waals surface area (Å²) in [5.74, 6) is -0.584. The van der Waals surface area contributed by atoms with Crippen LogP contribution in [-0.4, -0.2) is 21.7 Å². The van der Waals surface area contributed by atoms with Crippen LogP contribution in [-0.2, 0) is 0 Å². The van der Waals surface area contributed by atoms with Crippen molar-refractivity contribution in [2.24, 2.45) is 5.92 Å². The van der Waals surface area contributed by atoms with Gasteiger partial charge in [-0.1, -0.05) is 31.9 Å². The molecule has 1 saturated carbocycles. The van der Waals surface area contributed by atoms with Crippen LogP contribution < -0.4 is 10.7 Å². The van der Waals surface area contributed by atoms with E-state index in [0.29, 0.717) is 11.6 Å². The molecule has 1 N–H and O–H groups in total. The van der Waals surface area contributed by atoms with E-state index in [2.05, 4.69) is 17.3 Å². The Morgan fingerprint density at radius 2 is 2.00 bits per heavy atom. The van der Waals surface area contributed by atoms with Crippen LogP contribution in [0, 0.1) is 18.7 Å². The van der Waals surface area contributed by atoms with Crippen LogP contribution in [0.25, 0.3) is 5.69 Å². The van der Waals surface area contributed by atoms with E-state index in [1.807, 2.05) is 0 Å². The Bertz CT molecular complexity index is 847. The van der Waals surface area contributed by atoms with Crippen molar-refractivity contribution in [3.8, 4) is 5.69 Å². The van der Waals surface area contributed by atoms with E-state index >= 15 is 0 Å². The number of aryl methyl sites for hydroxylation is 1. The molecule has 0 aliphatic heterocycles. The molecule has 0 bridgehead atoms. The predicted octanol–water partition coefficient (Wildman–Crippen LogP) is 2.99. The number of benzene rings is 1. The molecule has 1 aliphatic carbocycles. The van der Waals surface area contributed by atoms with Gasteiger partial charge in [0.1, 0.15) is 11.5 Å². The van der Waals surface area contributed by atoms with Gasteiger partial charge in [-0.2, -0.15) is 5.10 Å². The Kier molecular flexibility index (Phi) is 4.97. The normalized spacial score (nSPS) is 20.3. The molecular formula is C19H22FN3O2. The van der Waals surface area contributed by atoms with Gasteiger partial charge in [0.15, 0.2) is 5.69 Å². The monoisotopic (exact) mass is 343 g/mol. The van der Waals surface area contributed by atoms with Crippen LogP contribution in [0.4, 0.5) is 4.39 Å². The number of nitrogens with zero attached hydrogens (tertiary/aromatic N) is 2. The van der Waals surface area contributed by atoms with Crippen LogP contribution in [0.15, 0.2) is 35.1 Å². The molecule has 2 aromatic rings. The highest BCUT2D eigenvalue weighted by Crippen LogP contribution is 2.23. The summed E-state index contributed by atoms with van der Waals surface area (Å²) >= 11 is 0. The summed E-state index contributed by atoms with van der Waals surface area (Å²) in [6, 6.07) is 7.50. The molecule has 0 spiro atoms. The summed E-state index contributed by atoms with van der Waals surface area (Å²) in [7, 11) is 0. The number of carbonyl (C=O) groups is 1. The van der Waals surface area contributed by atoms with E-state index in [1.165, 1.54) is 16.8 Å². The number of halogens is 1. The zero-order valence-corrected chi connectivity index (χ0v) is 14.5. The van der Waals surface area contributed by atoms with Gasteiger partial charge in [-0.05, 0) is 37.8 Å². The summed E-state index contributed by atoms with van der Waals surface area (Å²) in [5.41, 5.74) is 0.0236. The molecule has 1 aromatic heterocycles. The predicted molar refractivity (Wildman–Crippen MR) is 93.4 cm³/mol. The third-order valence-corrected chi connectivity index (χ3v) is 4.83. The average Bonchev–Trinajstić information content (AvgIpc) is 2.58. The first kappa shape index (κ1) is 17.3. The van der Waals surface area contributed by atoms with Gasteiger partial charge in [0.25, 0.3) is 5.91 Å². The summed E-state index contributed by atoms with van der Waals surface area (Å²) in [5, 5.41) is 7.08. The van der Waals surface area contributed by atoms with Gasteiger partial charge in [-0.15, -0.1) is 0 Å². The lowest BCUT2D eigenvalue weighted by molar-refractivity contribution is 0.0902. The highest BCUT2D eigenvalue weighted by molar-refractivity contribution is 5.92. The fourth-order valence-electron chi connectivity index (χ4n) is 3.34. The summed E-state index contributed by atoms with van der Waals surface area (Å²) in [6.07, 6.45) is 4.19. The van der Waals surface area contributed by atoms with Gasteiger partial charge in [0.2, 0.25) is 5.43 Å². The average molecular weight is 343 g/mol. The number of carbonyl (C=O) groups excluding carboxylic acids is 1. The van der Waals surface area contributed by atoms with E-state index in [9.17, 15) is 14.0 Å². The van der Waals surface area contributed by atoms with Gasteiger partial charge in [-0.3, -0.25) is 9.59 Å². The Balaban J connectivity index is 1.94. The second-order valence-corrected chi connectivity index (χ2v) is 6.70. The maximum Gasteiger partial charge on any atom is 0.276 e. The summed E-state index contributed by atoms with van der Waals surface area (Å²) < 4.78 is 15.4. The standard InChI is InChI=1S/C19H22FN3O2/c1-12-7-3-5-9-15(12)21-19(25)18-17(24)11-13(2)23(22-18)16-10-6-4-8-14(16)20/h4,6,8,10-12,15H,3,5,7,9H2,1-2H3,(H,21,25). The molecule has 3 rings (SSSR count). The smallest absolute Gasteiger partial charge is 0.276 e. The van der Waals surface area contributed by atoms with Crippen molar-refractivity contribution < 1.29 is 9.18 Å². The molecule has 1 fully saturated rings. The molecule has 25 heavy (non-hydrogen) atoms. The maximum atomic E-state index is 14.1. The molecule has 0 radical (unpaired) electrons. The van der Waals surface area contributed by atoms with Gasteiger partial charge in [0.05, 0.1) is 0 Å². The zero-order valence-electron chi connectivity index (χ0n) is 14.5. The van der Waals surface area contributed by atoms with Gasteiger partial charge in [0, 0.05) is 17.8 Å². The van der Waals surface area contributed by atoms with Crippen LogP contribution in [0.1, 0.15) is 48.8 Å². The molecule has 1 aromatic carbocycles. The van der Waals surface area contributed by atoms with Crippen molar-refractivity contribution in [3.63, 3.8) is 0 Å². The van der Waals surface area contributed by atoms with Crippen molar-refractivity contribution >= 4 is 5.91 Å². The molecule has 1 amide bonds. The number of hydrogen-bond acceptors (Lipinski definition) is 3. The molecule has 1 aliphatic rings. The van der Waals surface area contributed by atoms with Crippen LogP contribution in [0.2, 0.25) is 0 Å². The Morgan fingerprint density at radius 3 is 2.72 bits per heavy atom. The quantitative estimate of drug-likeness (QED) is 0.932. The SMILES string of the molecule is Cc1cc(=O)c(C(=O)NC2CCCCC2C)nn1-c1ccccc1F. The first-order valence-electron chi connectivity index (χ1n) is 8.64. The third kappa shape index (κ3) is 3.62. The lowest BCUT2D eigenvalue weighted by Crippen LogP contribution is -2.43. The molecule has 1 heterocycles. The van der Waals surface area contributed by atoms with Crippen LogP contribution in [0.5, 0.6) is 0 Å². The van der Waals surface area contributed by atoms with Crippen molar-refractivity contribution in [3.05, 3.63) is 57.8 Å². The minimum Gasteiger partial charge on any atom is -0.348 e. The molecular weight excluding hydrogens is 321 g/mol. The molecule has 132 valence electrons. The van der Waals surface area contributed by atoms with E-state index in [4.69, 9.17) is 0 Å². The topological polar surface area (TPSA) is 64.0 Å². The second-order valence-electron chi connectivity index (χ2n) is 6.70. The highest BCUT2D eigenvalue weighted by Gasteiger charge is 2.25. The maximum absolute atomic E-state index is 14.1. The number of rotatable bonds is 3. The Hall–Kier alpha value is -2.50. The van der Waals surface area contributed by atoms with Gasteiger partial charge < -0.3 is 5.32 Å². The van der Waals surface area contributed by atoms with E-state index < -0.39 is 17.2 Å². The first-order chi connectivity index (χ1) is 12.0. The van der Waals surface area contributed by atoms with Crippen molar-refractivity contribution in [2.45, 2.75) is 45.6 Å². The molecule has 5 nitrogen and oxygen atoms in total. The fraction of sp³-hybridized carbons (Fsp3) is 0.421. The lowest BCUT2D eigenvalue weighted by atomic mass is 9.86. The number of nitrogens with one attached hydrogen (secondary N) is 1. The van der Waals surface area contributed by atoms with Crippen molar-refractivity contribution in [1.82, 2.24) is 15.1 Å². The zero-order chi connectivity index (χ0) is 18.0. The van der Waals surface area contributed by atoms with E-state index in [-0.39, 0.29) is 17.4 Å². The fourth-order valence-corrected chi connectivity index (χ4v) is 3.34. The largest absolute Gasteiger partial charge is 0.348 e. The number of para-hydroxylation sites is 1. The van der Waals surface area contributed by atoms with E-state index in [0.717, 1.165) is 25.7 Å². The molecule has 2 atom stereocenters. The van der Waals surface area contributed by atoms with Crippen LogP contribution >= 0.6 is 0 Å². The second kappa shape index (κ2) is 7.17. The number of amides is 1. The molecule has 6 heteroatoms. The summed E-state index contributed by atoms with van der Waals surface area (Å²) in [6.45, 7) is 3.76. The third-order valence-electron chi connectivity index (χ3n) is 4.83. The lowest BCUT2D eigenvalue weighted by Gasteiger charge is -2.29. The minimum absolute atomic E-state index is 0.0469. The van der Waals surface area contributed by atoms with Crippen molar-refractivity contribution in [2.75, 3.05) is 0 Å². The minimum atomic E-state index is -0.492. The molecule has 2 unspecified atom stereocenters. The molecule has 0 saturated heterocycles. The van der Waals surface area contributed by atoms with Crippen LogP contribution in [0.3, 0.4) is 0 Å². The Labute approximate surface area is 145 Å². The Morgan fingerprint density at radius 1 is 1.28 bits per heavy atom. The van der Waals surface area contributed by atoms with Gasteiger partial charge >= 0.3 is 0 Å². The number of aromatic nitrogens is 2. The first-order valence-corrected chi connectivity index (χ1v) is 8.64. The summed E-state index contributed by atoms with van der Waals surface area (Å²) in [4.78, 5) is 24.8. The van der Waals surface area contributed by atoms with Crippen molar-refractivity contribution in [1.29, 1.82) is 0 Å². The van der Waals surface area contributed by atoms with E-state index in [1.54, 1.807) is 25.1 Å². The van der Waals surface area contributed by atoms with Gasteiger partial charge in [-0.25, -0.2) is 9.07 Å².